The second-order valence-corrected chi connectivity index (χ2v) is 6.41. The summed E-state index contributed by atoms with van der Waals surface area (Å²) in [7, 11) is 0. The number of aromatic nitrogens is 1. The van der Waals surface area contributed by atoms with Crippen molar-refractivity contribution in [2.45, 2.75) is 44.9 Å². The first-order chi connectivity index (χ1) is 10.1. The minimum atomic E-state index is -0.707. The van der Waals surface area contributed by atoms with Crippen molar-refractivity contribution in [1.82, 2.24) is 4.98 Å². The average Bonchev–Trinajstić information content (AvgIpc) is 3.27. The summed E-state index contributed by atoms with van der Waals surface area (Å²) in [5, 5.41) is 11.5. The van der Waals surface area contributed by atoms with E-state index in [1.54, 1.807) is 0 Å². The summed E-state index contributed by atoms with van der Waals surface area (Å²) in [6, 6.07) is 6.39. The molecule has 0 amide bonds. The molecule has 1 unspecified atom stereocenters. The van der Waals surface area contributed by atoms with Crippen molar-refractivity contribution in [2.75, 3.05) is 0 Å². The lowest BCUT2D eigenvalue weighted by Gasteiger charge is -2.16. The molecule has 0 aliphatic heterocycles. The number of carboxylic acids is 1. The van der Waals surface area contributed by atoms with Crippen LogP contribution in [0.25, 0.3) is 10.8 Å². The van der Waals surface area contributed by atoms with Gasteiger partial charge in [0.25, 0.3) is 0 Å². The Hall–Kier alpha value is -1.90. The molecule has 3 heteroatoms. The number of aliphatic carboxylic acids is 1. The molecule has 3 rings (SSSR count). The Morgan fingerprint density at radius 3 is 2.71 bits per heavy atom. The normalized spacial score (nSPS) is 16.3. The number of benzene rings is 1. The number of hydrogen-bond donors (Lipinski definition) is 1. The van der Waals surface area contributed by atoms with E-state index in [9.17, 15) is 4.79 Å². The van der Waals surface area contributed by atoms with Crippen molar-refractivity contribution in [3.63, 3.8) is 0 Å². The van der Waals surface area contributed by atoms with E-state index in [1.807, 2.05) is 12.4 Å². The highest BCUT2D eigenvalue weighted by Gasteiger charge is 2.33. The Kier molecular flexibility index (Phi) is 3.66. The summed E-state index contributed by atoms with van der Waals surface area (Å²) in [4.78, 5) is 15.4. The molecule has 2 aromatic rings. The van der Waals surface area contributed by atoms with E-state index in [0.717, 1.165) is 23.8 Å². The number of nitrogens with zero attached hydrogens (tertiary/aromatic N) is 1. The SMILES string of the molecule is CC(C)c1cncc2cc(C(CC(=O)O)C3CC3)ccc12. The van der Waals surface area contributed by atoms with Gasteiger partial charge in [-0.2, -0.15) is 0 Å². The summed E-state index contributed by atoms with van der Waals surface area (Å²) in [5.74, 6) is 0.417. The lowest BCUT2D eigenvalue weighted by Crippen LogP contribution is -2.08. The van der Waals surface area contributed by atoms with Crippen molar-refractivity contribution in [3.8, 4) is 0 Å². The molecule has 0 spiro atoms. The zero-order chi connectivity index (χ0) is 15.0. The molecule has 110 valence electrons. The van der Waals surface area contributed by atoms with Crippen molar-refractivity contribution in [2.24, 2.45) is 5.92 Å². The second kappa shape index (κ2) is 5.47. The summed E-state index contributed by atoms with van der Waals surface area (Å²) in [5.41, 5.74) is 2.40. The molecule has 1 aliphatic rings. The van der Waals surface area contributed by atoms with Crippen LogP contribution in [0.3, 0.4) is 0 Å². The number of pyridine rings is 1. The lowest BCUT2D eigenvalue weighted by atomic mass is 9.88. The van der Waals surface area contributed by atoms with Crippen LogP contribution in [0.2, 0.25) is 0 Å². The predicted octanol–water partition coefficient (Wildman–Crippen LogP) is 4.33. The average molecular weight is 283 g/mol. The topological polar surface area (TPSA) is 50.2 Å². The molecule has 1 saturated carbocycles. The summed E-state index contributed by atoms with van der Waals surface area (Å²) >= 11 is 0. The quantitative estimate of drug-likeness (QED) is 0.888. The molecule has 3 nitrogen and oxygen atoms in total. The Balaban J connectivity index is 2.02. The third kappa shape index (κ3) is 2.92. The highest BCUT2D eigenvalue weighted by molar-refractivity contribution is 5.86. The predicted molar refractivity (Wildman–Crippen MR) is 83.5 cm³/mol. The maximum atomic E-state index is 11.1. The highest BCUT2D eigenvalue weighted by atomic mass is 16.4. The molecular formula is C18H21NO2. The number of fused-ring (bicyclic) bond motifs is 1. The smallest absolute Gasteiger partial charge is 0.303 e. The van der Waals surface area contributed by atoms with Crippen molar-refractivity contribution in [3.05, 3.63) is 41.7 Å². The molecule has 0 bridgehead atoms. The van der Waals surface area contributed by atoms with Crippen LogP contribution in [0.1, 0.15) is 56.1 Å². The molecule has 1 atom stereocenters. The molecule has 1 N–H and O–H groups in total. The highest BCUT2D eigenvalue weighted by Crippen LogP contribution is 2.45. The molecule has 1 aliphatic carbocycles. The van der Waals surface area contributed by atoms with Crippen LogP contribution < -0.4 is 0 Å². The van der Waals surface area contributed by atoms with Crippen LogP contribution in [0.4, 0.5) is 0 Å². The van der Waals surface area contributed by atoms with Crippen LogP contribution in [0.5, 0.6) is 0 Å². The van der Waals surface area contributed by atoms with Gasteiger partial charge in [-0.25, -0.2) is 0 Å². The number of rotatable bonds is 5. The van der Waals surface area contributed by atoms with Gasteiger partial charge in [0.05, 0.1) is 6.42 Å². The largest absolute Gasteiger partial charge is 0.481 e. The minimum absolute atomic E-state index is 0.148. The molecule has 1 aromatic heterocycles. The van der Waals surface area contributed by atoms with Gasteiger partial charge in [-0.15, -0.1) is 0 Å². The molecule has 1 aromatic carbocycles. The van der Waals surface area contributed by atoms with E-state index in [2.05, 4.69) is 37.0 Å². The van der Waals surface area contributed by atoms with E-state index in [4.69, 9.17) is 5.11 Å². The Bertz CT molecular complexity index is 674. The number of carboxylic acid groups (broad SMARTS) is 1. The molecular weight excluding hydrogens is 262 g/mol. The lowest BCUT2D eigenvalue weighted by molar-refractivity contribution is -0.137. The fourth-order valence-electron chi connectivity index (χ4n) is 3.15. The van der Waals surface area contributed by atoms with Gasteiger partial charge in [0.15, 0.2) is 0 Å². The Morgan fingerprint density at radius 2 is 2.10 bits per heavy atom. The van der Waals surface area contributed by atoms with Gasteiger partial charge in [0.1, 0.15) is 0 Å². The Labute approximate surface area is 125 Å². The van der Waals surface area contributed by atoms with Crippen LogP contribution in [0, 0.1) is 5.92 Å². The fourth-order valence-corrected chi connectivity index (χ4v) is 3.15. The second-order valence-electron chi connectivity index (χ2n) is 6.41. The zero-order valence-electron chi connectivity index (χ0n) is 12.5. The van der Waals surface area contributed by atoms with E-state index in [-0.39, 0.29) is 12.3 Å². The van der Waals surface area contributed by atoms with E-state index < -0.39 is 5.97 Å². The first-order valence-corrected chi connectivity index (χ1v) is 7.65. The van der Waals surface area contributed by atoms with Crippen molar-refractivity contribution in [1.29, 1.82) is 0 Å². The maximum Gasteiger partial charge on any atom is 0.303 e. The first kappa shape index (κ1) is 14.1. The Morgan fingerprint density at radius 1 is 1.33 bits per heavy atom. The van der Waals surface area contributed by atoms with E-state index in [0.29, 0.717) is 11.8 Å². The first-order valence-electron chi connectivity index (χ1n) is 7.65. The van der Waals surface area contributed by atoms with Gasteiger partial charge in [-0.1, -0.05) is 26.0 Å². The van der Waals surface area contributed by atoms with E-state index >= 15 is 0 Å². The summed E-state index contributed by atoms with van der Waals surface area (Å²) in [6.45, 7) is 4.34. The molecule has 0 radical (unpaired) electrons. The van der Waals surface area contributed by atoms with Crippen LogP contribution in [-0.2, 0) is 4.79 Å². The standard InChI is InChI=1S/C18H21NO2/c1-11(2)17-10-19-9-14-7-13(5-6-15(14)17)16(8-18(20)21)12-3-4-12/h5-7,9-12,16H,3-4,8H2,1-2H3,(H,20,21). The van der Waals surface area contributed by atoms with Gasteiger partial charge in [0, 0.05) is 17.8 Å². The third-order valence-corrected chi connectivity index (χ3v) is 4.45. The minimum Gasteiger partial charge on any atom is -0.481 e. The maximum absolute atomic E-state index is 11.1. The van der Waals surface area contributed by atoms with Crippen molar-refractivity contribution >= 4 is 16.7 Å². The monoisotopic (exact) mass is 283 g/mol. The number of carbonyl (C=O) groups is 1. The van der Waals surface area contributed by atoms with Crippen molar-refractivity contribution < 1.29 is 9.90 Å². The summed E-state index contributed by atoms with van der Waals surface area (Å²) < 4.78 is 0. The molecule has 1 fully saturated rings. The van der Waals surface area contributed by atoms with Gasteiger partial charge < -0.3 is 5.11 Å². The zero-order valence-corrected chi connectivity index (χ0v) is 12.5. The van der Waals surface area contributed by atoms with Gasteiger partial charge in [0.2, 0.25) is 0 Å². The van der Waals surface area contributed by atoms with E-state index in [1.165, 1.54) is 10.9 Å². The van der Waals surface area contributed by atoms with Gasteiger partial charge in [-0.05, 0) is 53.2 Å². The van der Waals surface area contributed by atoms with Gasteiger partial charge >= 0.3 is 5.97 Å². The van der Waals surface area contributed by atoms with Crippen LogP contribution >= 0.6 is 0 Å². The molecule has 21 heavy (non-hydrogen) atoms. The third-order valence-electron chi connectivity index (χ3n) is 4.45. The molecule has 1 heterocycles. The summed E-state index contributed by atoms with van der Waals surface area (Å²) in [6.07, 6.45) is 6.35. The van der Waals surface area contributed by atoms with Crippen LogP contribution in [-0.4, -0.2) is 16.1 Å². The van der Waals surface area contributed by atoms with Crippen LogP contribution in [0.15, 0.2) is 30.6 Å². The fraction of sp³-hybridized carbons (Fsp3) is 0.444. The van der Waals surface area contributed by atoms with Gasteiger partial charge in [-0.3, -0.25) is 9.78 Å². The molecule has 0 saturated heterocycles. The number of hydrogen-bond acceptors (Lipinski definition) is 2.